The van der Waals surface area contributed by atoms with Crippen LogP contribution in [0.3, 0.4) is 0 Å². The van der Waals surface area contributed by atoms with Gasteiger partial charge in [0.05, 0.1) is 10.9 Å². The van der Waals surface area contributed by atoms with Crippen LogP contribution in [0.2, 0.25) is 5.02 Å². The molecule has 0 aliphatic carbocycles. The van der Waals surface area contributed by atoms with Gasteiger partial charge in [-0.2, -0.15) is 0 Å². The van der Waals surface area contributed by atoms with Gasteiger partial charge in [-0.3, -0.25) is 9.78 Å². The Labute approximate surface area is 202 Å². The fourth-order valence-corrected chi connectivity index (χ4v) is 5.48. The predicted octanol–water partition coefficient (Wildman–Crippen LogP) is 3.60. The maximum absolute atomic E-state index is 14.2. The molecule has 0 radical (unpaired) electrons. The van der Waals surface area contributed by atoms with Crippen molar-refractivity contribution in [1.29, 1.82) is 0 Å². The third kappa shape index (κ3) is 3.93. The Balaban J connectivity index is 1.31. The predicted molar refractivity (Wildman–Crippen MR) is 129 cm³/mol. The molecule has 176 valence electrons. The third-order valence-electron chi connectivity index (χ3n) is 6.43. The van der Waals surface area contributed by atoms with Crippen molar-refractivity contribution in [2.75, 3.05) is 22.9 Å². The number of primary sulfonamides is 1. The molecule has 1 fully saturated rings. The van der Waals surface area contributed by atoms with Gasteiger partial charge in [-0.25, -0.2) is 17.9 Å². The van der Waals surface area contributed by atoms with E-state index in [2.05, 4.69) is 9.88 Å². The fraction of sp³-hybridized carbons (Fsp3) is 0.250. The molecule has 1 atom stereocenters. The molecule has 1 saturated heterocycles. The lowest BCUT2D eigenvalue weighted by Crippen LogP contribution is -2.55. The van der Waals surface area contributed by atoms with Gasteiger partial charge in [0.15, 0.2) is 0 Å². The summed E-state index contributed by atoms with van der Waals surface area (Å²) in [6.07, 6.45) is 3.82. The van der Waals surface area contributed by atoms with Gasteiger partial charge in [0, 0.05) is 48.5 Å². The van der Waals surface area contributed by atoms with Gasteiger partial charge in [0.25, 0.3) is 0 Å². The molecule has 1 amide bonds. The van der Waals surface area contributed by atoms with Crippen LogP contribution in [0, 0.1) is 11.7 Å². The molecular formula is C24H22ClFN4O3S. The van der Waals surface area contributed by atoms with E-state index in [0.29, 0.717) is 35.8 Å². The van der Waals surface area contributed by atoms with E-state index in [-0.39, 0.29) is 17.9 Å². The second-order valence-electron chi connectivity index (χ2n) is 8.72. The molecule has 0 saturated carbocycles. The zero-order chi connectivity index (χ0) is 24.2. The zero-order valence-corrected chi connectivity index (χ0v) is 19.9. The summed E-state index contributed by atoms with van der Waals surface area (Å²) in [5.74, 6) is -1.24. The number of benzene rings is 2. The van der Waals surface area contributed by atoms with Crippen molar-refractivity contribution in [3.63, 3.8) is 0 Å². The number of rotatable bonds is 4. The Hall–Kier alpha value is -3.01. The molecule has 3 heterocycles. The number of hydrogen-bond donors (Lipinski definition) is 1. The van der Waals surface area contributed by atoms with Crippen LogP contribution >= 0.6 is 11.6 Å². The molecule has 0 unspecified atom stereocenters. The highest BCUT2D eigenvalue weighted by atomic mass is 35.5. The summed E-state index contributed by atoms with van der Waals surface area (Å²) in [5, 5.41) is 5.78. The van der Waals surface area contributed by atoms with Gasteiger partial charge in [-0.15, -0.1) is 0 Å². The number of fused-ring (bicyclic) bond motifs is 1. The molecule has 3 aromatic rings. The molecule has 2 aliphatic heterocycles. The Kier molecular flexibility index (Phi) is 5.58. The van der Waals surface area contributed by atoms with E-state index >= 15 is 0 Å². The van der Waals surface area contributed by atoms with E-state index in [0.717, 1.165) is 16.8 Å². The molecule has 2 aliphatic rings. The van der Waals surface area contributed by atoms with Crippen molar-refractivity contribution in [1.82, 2.24) is 4.98 Å². The molecule has 10 heteroatoms. The van der Waals surface area contributed by atoms with Crippen molar-refractivity contribution < 1.29 is 17.6 Å². The lowest BCUT2D eigenvalue weighted by Gasteiger charge is -2.42. The minimum atomic E-state index is -4.24. The van der Waals surface area contributed by atoms with Crippen LogP contribution in [0.1, 0.15) is 12.5 Å². The van der Waals surface area contributed by atoms with Crippen LogP contribution in [-0.2, 0) is 21.2 Å². The lowest BCUT2D eigenvalue weighted by atomic mass is 9.96. The summed E-state index contributed by atoms with van der Waals surface area (Å²) in [7, 11) is -4.24. The van der Waals surface area contributed by atoms with E-state index in [4.69, 9.17) is 16.7 Å². The molecule has 2 aromatic carbocycles. The number of anilines is 2. The maximum atomic E-state index is 14.2. The second-order valence-corrected chi connectivity index (χ2v) is 10.7. The number of amides is 1. The van der Waals surface area contributed by atoms with Crippen LogP contribution in [0.4, 0.5) is 15.8 Å². The van der Waals surface area contributed by atoms with Gasteiger partial charge >= 0.3 is 0 Å². The van der Waals surface area contributed by atoms with E-state index in [9.17, 15) is 17.6 Å². The molecule has 5 rings (SSSR count). The summed E-state index contributed by atoms with van der Waals surface area (Å²) in [6.45, 7) is 2.94. The zero-order valence-electron chi connectivity index (χ0n) is 18.3. The standard InChI is InChI=1S/C24H22ClFN4O3S/c1-14-8-16-9-21(26)23(34(27,32)33)10-22(16)30(14)24(31)17-12-29(13-17)18-4-2-15(3-5-18)19-11-28-7-6-20(19)25/h2-7,9-11,14,17H,8,12-13H2,1H3,(H2,27,32,33)/t14-/m0/s1. The van der Waals surface area contributed by atoms with Crippen molar-refractivity contribution in [3.05, 3.63) is 71.3 Å². The maximum Gasteiger partial charge on any atom is 0.241 e. The van der Waals surface area contributed by atoms with E-state index in [1.165, 1.54) is 12.1 Å². The molecule has 7 nitrogen and oxygen atoms in total. The van der Waals surface area contributed by atoms with Crippen LogP contribution in [-0.4, -0.2) is 38.4 Å². The lowest BCUT2D eigenvalue weighted by molar-refractivity contribution is -0.123. The third-order valence-corrected chi connectivity index (χ3v) is 7.69. The smallest absolute Gasteiger partial charge is 0.241 e. The quantitative estimate of drug-likeness (QED) is 0.590. The Morgan fingerprint density at radius 2 is 1.88 bits per heavy atom. The van der Waals surface area contributed by atoms with Gasteiger partial charge in [-0.05, 0) is 54.8 Å². The summed E-state index contributed by atoms with van der Waals surface area (Å²) in [6, 6.07) is 11.8. The molecule has 1 aromatic heterocycles. The molecule has 2 N–H and O–H groups in total. The van der Waals surface area contributed by atoms with Crippen LogP contribution < -0.4 is 14.9 Å². The topological polar surface area (TPSA) is 96.6 Å². The van der Waals surface area contributed by atoms with E-state index in [1.54, 1.807) is 23.4 Å². The first-order valence-electron chi connectivity index (χ1n) is 10.8. The molecular weight excluding hydrogens is 479 g/mol. The number of carbonyl (C=O) groups excluding carboxylic acids is 1. The van der Waals surface area contributed by atoms with Crippen LogP contribution in [0.25, 0.3) is 11.1 Å². The summed E-state index contributed by atoms with van der Waals surface area (Å²) in [5.41, 5.74) is 3.81. The largest absolute Gasteiger partial charge is 0.370 e. The minimum Gasteiger partial charge on any atom is -0.370 e. The molecule has 0 spiro atoms. The SMILES string of the molecule is C[C@H]1Cc2cc(F)c(S(N)(=O)=O)cc2N1C(=O)C1CN(c2ccc(-c3cnccc3Cl)cc2)C1. The Bertz CT molecular complexity index is 1390. The van der Waals surface area contributed by atoms with Crippen LogP contribution in [0.5, 0.6) is 0 Å². The first kappa shape index (κ1) is 22.8. The summed E-state index contributed by atoms with van der Waals surface area (Å²) >= 11 is 6.25. The minimum absolute atomic E-state index is 0.103. The molecule has 34 heavy (non-hydrogen) atoms. The first-order valence-corrected chi connectivity index (χ1v) is 12.7. The van der Waals surface area contributed by atoms with Gasteiger partial charge < -0.3 is 9.80 Å². The van der Waals surface area contributed by atoms with Crippen molar-refractivity contribution in [2.24, 2.45) is 11.1 Å². The summed E-state index contributed by atoms with van der Waals surface area (Å²) in [4.78, 5) is 20.5. The fourth-order valence-electron chi connectivity index (χ4n) is 4.66. The highest BCUT2D eigenvalue weighted by Gasteiger charge is 2.41. The van der Waals surface area contributed by atoms with Gasteiger partial charge in [0.2, 0.25) is 15.9 Å². The highest BCUT2D eigenvalue weighted by molar-refractivity contribution is 7.89. The number of halogens is 2. The number of aromatic nitrogens is 1. The number of nitrogens with zero attached hydrogens (tertiary/aromatic N) is 3. The van der Waals surface area contributed by atoms with Crippen molar-refractivity contribution in [3.8, 4) is 11.1 Å². The first-order chi connectivity index (χ1) is 16.1. The number of sulfonamides is 1. The number of nitrogens with two attached hydrogens (primary N) is 1. The van der Waals surface area contributed by atoms with Gasteiger partial charge in [-0.1, -0.05) is 23.7 Å². The van der Waals surface area contributed by atoms with Crippen LogP contribution in [0.15, 0.2) is 59.8 Å². The average molecular weight is 501 g/mol. The Morgan fingerprint density at radius 1 is 1.18 bits per heavy atom. The van der Waals surface area contributed by atoms with Crippen molar-refractivity contribution >= 4 is 38.9 Å². The number of pyridine rings is 1. The van der Waals surface area contributed by atoms with Gasteiger partial charge in [0.1, 0.15) is 10.7 Å². The second kappa shape index (κ2) is 8.33. The molecule has 0 bridgehead atoms. The van der Waals surface area contributed by atoms with Crippen molar-refractivity contribution in [2.45, 2.75) is 24.3 Å². The van der Waals surface area contributed by atoms with E-state index in [1.807, 2.05) is 31.2 Å². The van der Waals surface area contributed by atoms with E-state index < -0.39 is 20.7 Å². The average Bonchev–Trinajstić information content (AvgIpc) is 3.06. The monoisotopic (exact) mass is 500 g/mol. The summed E-state index contributed by atoms with van der Waals surface area (Å²) < 4.78 is 37.8. The number of hydrogen-bond acceptors (Lipinski definition) is 5. The Morgan fingerprint density at radius 3 is 2.53 bits per heavy atom. The highest BCUT2D eigenvalue weighted by Crippen LogP contribution is 2.38. The number of carbonyl (C=O) groups is 1. The normalized spacial score (nSPS) is 18.1.